The van der Waals surface area contributed by atoms with Gasteiger partial charge in [0.1, 0.15) is 29.3 Å². The summed E-state index contributed by atoms with van der Waals surface area (Å²) < 4.78 is 114. The number of amides is 1. The van der Waals surface area contributed by atoms with Gasteiger partial charge < -0.3 is 19.9 Å². The van der Waals surface area contributed by atoms with Crippen LogP contribution in [0.4, 0.5) is 40.8 Å². The molecular formula is C32H26F8N4O4. The molecule has 0 bridgehead atoms. The molecule has 1 aliphatic heterocycles. The number of carboxylic acid groups (broad SMARTS) is 1. The first-order chi connectivity index (χ1) is 22.4. The van der Waals surface area contributed by atoms with E-state index >= 15 is 8.78 Å². The zero-order valence-corrected chi connectivity index (χ0v) is 25.1. The Bertz CT molecular complexity index is 1970. The summed E-state index contributed by atoms with van der Waals surface area (Å²) in [4.78, 5) is 43.2. The lowest BCUT2D eigenvalue weighted by molar-refractivity contribution is -0.146. The number of nitrogens with one attached hydrogen (secondary N) is 1. The third-order valence-electron chi connectivity index (χ3n) is 8.35. The number of aryl methyl sites for hydroxylation is 1. The molecule has 4 aromatic rings. The number of pyridine rings is 2. The summed E-state index contributed by atoms with van der Waals surface area (Å²) in [5.41, 5.74) is -4.56. The fourth-order valence-electron chi connectivity index (χ4n) is 5.93. The summed E-state index contributed by atoms with van der Waals surface area (Å²) in [5.74, 6) is -6.18. The van der Waals surface area contributed by atoms with Crippen molar-refractivity contribution in [2.75, 3.05) is 11.4 Å². The Morgan fingerprint density at radius 2 is 1.73 bits per heavy atom. The van der Waals surface area contributed by atoms with Gasteiger partial charge in [-0.1, -0.05) is 18.2 Å². The number of carboxylic acids is 1. The van der Waals surface area contributed by atoms with E-state index in [0.717, 1.165) is 21.6 Å². The number of aliphatic carboxylic acids is 1. The van der Waals surface area contributed by atoms with Crippen molar-refractivity contribution in [1.82, 2.24) is 14.9 Å². The molecule has 0 unspecified atom stereocenters. The first-order valence-electron chi connectivity index (χ1n) is 14.4. The van der Waals surface area contributed by atoms with Crippen LogP contribution in [0.1, 0.15) is 40.0 Å². The molecule has 0 radical (unpaired) electrons. The van der Waals surface area contributed by atoms with Crippen LogP contribution in [-0.4, -0.2) is 51.3 Å². The fourth-order valence-corrected chi connectivity index (χ4v) is 5.93. The monoisotopic (exact) mass is 682 g/mol. The van der Waals surface area contributed by atoms with Crippen LogP contribution >= 0.6 is 0 Å². The Labute approximate surface area is 266 Å². The van der Waals surface area contributed by atoms with Gasteiger partial charge in [0.25, 0.3) is 11.5 Å². The second kappa shape index (κ2) is 12.5. The number of carbonyl (C=O) groups is 2. The SMILES string of the molecule is Cc1cc(C(F)(F)F)c(-c2ccc(C[C@H](NC(=O)c3c(F)cc(N4CCC[C@@H]4C(F)(F)F)cc3F)C(=O)O)c3cccnc23)c(=O)n1C. The number of hydrogen-bond donors (Lipinski definition) is 2. The van der Waals surface area contributed by atoms with E-state index in [1.54, 1.807) is 0 Å². The molecule has 0 saturated carbocycles. The molecule has 1 saturated heterocycles. The van der Waals surface area contributed by atoms with Crippen molar-refractivity contribution in [2.45, 2.75) is 50.6 Å². The fraction of sp³-hybridized carbons (Fsp3) is 0.312. The average Bonchev–Trinajstić information content (AvgIpc) is 3.50. The zero-order chi connectivity index (χ0) is 35.3. The van der Waals surface area contributed by atoms with Gasteiger partial charge in [-0.05, 0) is 49.6 Å². The largest absolute Gasteiger partial charge is 0.480 e. The van der Waals surface area contributed by atoms with Crippen molar-refractivity contribution in [1.29, 1.82) is 0 Å². The Morgan fingerprint density at radius 1 is 1.06 bits per heavy atom. The minimum Gasteiger partial charge on any atom is -0.480 e. The van der Waals surface area contributed by atoms with Gasteiger partial charge in [-0.25, -0.2) is 13.6 Å². The number of aromatic nitrogens is 2. The average molecular weight is 683 g/mol. The number of anilines is 1. The van der Waals surface area contributed by atoms with Crippen molar-refractivity contribution in [3.8, 4) is 11.1 Å². The Morgan fingerprint density at radius 3 is 2.33 bits per heavy atom. The summed E-state index contributed by atoms with van der Waals surface area (Å²) in [5, 5.41) is 12.0. The standard InChI is InChI=1S/C32H26F8N4O4/c1-15-11-20(31(35,36)37)25(29(46)43(15)2)19-8-7-16(18-5-3-9-41-27(18)19)12-23(30(47)48)42-28(45)26-21(33)13-17(14-22(26)34)44-10-4-6-24(44)32(38,39)40/h3,5,7-9,11,13-14,23-24H,4,6,10,12H2,1-2H3,(H,42,45)(H,47,48)/t23-,24+/m0/s1. The maximum Gasteiger partial charge on any atom is 0.417 e. The number of alkyl halides is 6. The highest BCUT2D eigenvalue weighted by molar-refractivity contribution is 5.99. The Balaban J connectivity index is 1.49. The van der Waals surface area contributed by atoms with Crippen molar-refractivity contribution in [3.05, 3.63) is 93.0 Å². The maximum absolute atomic E-state index is 15.1. The van der Waals surface area contributed by atoms with Crippen molar-refractivity contribution >= 4 is 28.5 Å². The summed E-state index contributed by atoms with van der Waals surface area (Å²) in [7, 11) is 1.30. The number of hydrogen-bond acceptors (Lipinski definition) is 5. The Kier molecular flexibility index (Phi) is 8.97. The number of fused-ring (bicyclic) bond motifs is 1. The zero-order valence-electron chi connectivity index (χ0n) is 25.1. The maximum atomic E-state index is 15.1. The third kappa shape index (κ3) is 6.42. The second-order valence-corrected chi connectivity index (χ2v) is 11.4. The van der Waals surface area contributed by atoms with E-state index in [1.165, 1.54) is 38.4 Å². The topological polar surface area (TPSA) is 105 Å². The van der Waals surface area contributed by atoms with E-state index in [1.807, 2.05) is 5.32 Å². The van der Waals surface area contributed by atoms with Crippen LogP contribution in [0.5, 0.6) is 0 Å². The van der Waals surface area contributed by atoms with E-state index in [0.29, 0.717) is 12.1 Å². The second-order valence-electron chi connectivity index (χ2n) is 11.4. The first kappa shape index (κ1) is 34.3. The van der Waals surface area contributed by atoms with Crippen LogP contribution in [-0.2, 0) is 24.4 Å². The molecule has 3 heterocycles. The van der Waals surface area contributed by atoms with Crippen molar-refractivity contribution in [2.24, 2.45) is 7.05 Å². The van der Waals surface area contributed by atoms with Crippen LogP contribution in [0.25, 0.3) is 22.0 Å². The number of rotatable bonds is 7. The molecule has 254 valence electrons. The molecule has 1 aliphatic rings. The van der Waals surface area contributed by atoms with Crippen LogP contribution in [0.2, 0.25) is 0 Å². The lowest BCUT2D eigenvalue weighted by Crippen LogP contribution is -2.43. The molecule has 0 aliphatic carbocycles. The Hall–Kier alpha value is -5.02. The molecule has 16 heteroatoms. The van der Waals surface area contributed by atoms with Gasteiger partial charge in [0.05, 0.1) is 16.6 Å². The number of carbonyl (C=O) groups excluding carboxylic acids is 1. The normalized spacial score (nSPS) is 16.0. The highest BCUT2D eigenvalue weighted by Crippen LogP contribution is 2.39. The van der Waals surface area contributed by atoms with Crippen LogP contribution in [0, 0.1) is 18.6 Å². The molecule has 0 spiro atoms. The molecule has 2 aromatic heterocycles. The quantitative estimate of drug-likeness (QED) is 0.226. The molecule has 1 amide bonds. The van der Waals surface area contributed by atoms with E-state index < -0.39 is 82.3 Å². The van der Waals surface area contributed by atoms with E-state index in [-0.39, 0.29) is 47.1 Å². The number of halogens is 8. The third-order valence-corrected chi connectivity index (χ3v) is 8.35. The first-order valence-corrected chi connectivity index (χ1v) is 14.4. The van der Waals surface area contributed by atoms with E-state index in [9.17, 15) is 45.8 Å². The van der Waals surface area contributed by atoms with E-state index in [4.69, 9.17) is 0 Å². The molecule has 2 aromatic carbocycles. The minimum absolute atomic E-state index is 0.0501. The van der Waals surface area contributed by atoms with Gasteiger partial charge in [-0.15, -0.1) is 0 Å². The van der Waals surface area contributed by atoms with Gasteiger partial charge in [0.2, 0.25) is 0 Å². The van der Waals surface area contributed by atoms with Gasteiger partial charge in [0.15, 0.2) is 0 Å². The molecule has 2 N–H and O–H groups in total. The minimum atomic E-state index is -4.91. The van der Waals surface area contributed by atoms with Crippen LogP contribution < -0.4 is 15.8 Å². The van der Waals surface area contributed by atoms with Crippen LogP contribution in [0.15, 0.2) is 53.5 Å². The molecule has 48 heavy (non-hydrogen) atoms. The van der Waals surface area contributed by atoms with Gasteiger partial charge in [-0.3, -0.25) is 14.6 Å². The molecule has 2 atom stereocenters. The lowest BCUT2D eigenvalue weighted by atomic mass is 9.93. The smallest absolute Gasteiger partial charge is 0.417 e. The molecule has 1 fully saturated rings. The van der Waals surface area contributed by atoms with Gasteiger partial charge in [-0.2, -0.15) is 26.3 Å². The predicted molar refractivity (Wildman–Crippen MR) is 158 cm³/mol. The number of benzene rings is 2. The highest BCUT2D eigenvalue weighted by atomic mass is 19.4. The molecular weight excluding hydrogens is 656 g/mol. The summed E-state index contributed by atoms with van der Waals surface area (Å²) in [6.07, 6.45) is -9.03. The van der Waals surface area contributed by atoms with Gasteiger partial charge in [0, 0.05) is 48.5 Å². The van der Waals surface area contributed by atoms with Crippen LogP contribution in [0.3, 0.4) is 0 Å². The highest BCUT2D eigenvalue weighted by Gasteiger charge is 2.46. The predicted octanol–water partition coefficient (Wildman–Crippen LogP) is 6.16. The summed E-state index contributed by atoms with van der Waals surface area (Å²) in [6, 6.07) is 3.40. The molecule has 5 rings (SSSR count). The van der Waals surface area contributed by atoms with Gasteiger partial charge >= 0.3 is 18.3 Å². The molecule has 8 nitrogen and oxygen atoms in total. The lowest BCUT2D eigenvalue weighted by Gasteiger charge is -2.28. The van der Waals surface area contributed by atoms with Crippen molar-refractivity contribution < 1.29 is 49.8 Å². The summed E-state index contributed by atoms with van der Waals surface area (Å²) in [6.45, 7) is 1.20. The van der Waals surface area contributed by atoms with E-state index in [2.05, 4.69) is 4.98 Å². The van der Waals surface area contributed by atoms with Crippen molar-refractivity contribution in [3.63, 3.8) is 0 Å². The number of nitrogens with zero attached hydrogens (tertiary/aromatic N) is 3. The summed E-state index contributed by atoms with van der Waals surface area (Å²) >= 11 is 0.